The van der Waals surface area contributed by atoms with Crippen molar-refractivity contribution in [3.8, 4) is 11.5 Å². The topological polar surface area (TPSA) is 85.4 Å². The first-order valence-electron chi connectivity index (χ1n) is 8.71. The molecular formula is C21H22N4O3. The molecule has 144 valence electrons. The van der Waals surface area contributed by atoms with E-state index in [-0.39, 0.29) is 11.6 Å². The Hall–Kier alpha value is -3.61. The summed E-state index contributed by atoms with van der Waals surface area (Å²) in [5.74, 6) is 1.10. The number of ether oxygens (including phenoxy) is 2. The van der Waals surface area contributed by atoms with Crippen LogP contribution >= 0.6 is 0 Å². The molecule has 1 amide bonds. The van der Waals surface area contributed by atoms with Crippen molar-refractivity contribution in [1.82, 2.24) is 9.97 Å². The summed E-state index contributed by atoms with van der Waals surface area (Å²) in [5, 5.41) is 5.97. The molecule has 1 heterocycles. The first kappa shape index (κ1) is 19.2. The standard InChI is InChI=1S/C21H22N4O3/c1-13-5-6-14(2)17(11-13)25-21-22-10-9-16(24-21)20(26)23-18-12-15(27-3)7-8-19(18)28-4/h5-12H,1-4H3,(H,23,26)(H,22,24,25). The van der Waals surface area contributed by atoms with E-state index in [0.29, 0.717) is 23.1 Å². The van der Waals surface area contributed by atoms with E-state index in [1.165, 1.54) is 13.3 Å². The Balaban J connectivity index is 1.82. The van der Waals surface area contributed by atoms with Gasteiger partial charge in [-0.2, -0.15) is 0 Å². The number of nitrogens with one attached hydrogen (secondary N) is 2. The fourth-order valence-corrected chi connectivity index (χ4v) is 2.63. The van der Waals surface area contributed by atoms with E-state index in [4.69, 9.17) is 9.47 Å². The second-order valence-electron chi connectivity index (χ2n) is 6.23. The summed E-state index contributed by atoms with van der Waals surface area (Å²) >= 11 is 0. The fraction of sp³-hybridized carbons (Fsp3) is 0.190. The summed E-state index contributed by atoms with van der Waals surface area (Å²) in [6, 6.07) is 12.8. The molecule has 3 aromatic rings. The molecule has 0 bridgehead atoms. The maximum absolute atomic E-state index is 12.7. The fourth-order valence-electron chi connectivity index (χ4n) is 2.63. The Labute approximate surface area is 163 Å². The number of amides is 1. The van der Waals surface area contributed by atoms with Gasteiger partial charge < -0.3 is 20.1 Å². The number of hydrogen-bond donors (Lipinski definition) is 2. The van der Waals surface area contributed by atoms with Crippen molar-refractivity contribution in [3.05, 3.63) is 65.5 Å². The molecule has 2 N–H and O–H groups in total. The minimum Gasteiger partial charge on any atom is -0.497 e. The maximum atomic E-state index is 12.7. The Morgan fingerprint density at radius 2 is 1.79 bits per heavy atom. The van der Waals surface area contributed by atoms with Gasteiger partial charge in [-0.1, -0.05) is 12.1 Å². The number of rotatable bonds is 6. The van der Waals surface area contributed by atoms with Gasteiger partial charge in [-0.15, -0.1) is 0 Å². The Bertz CT molecular complexity index is 1000. The predicted molar refractivity (Wildman–Crippen MR) is 109 cm³/mol. The molecule has 7 heteroatoms. The van der Waals surface area contributed by atoms with Crippen LogP contribution in [0.1, 0.15) is 21.6 Å². The third-order valence-electron chi connectivity index (χ3n) is 4.18. The van der Waals surface area contributed by atoms with Gasteiger partial charge in [-0.25, -0.2) is 9.97 Å². The molecule has 0 atom stereocenters. The quantitative estimate of drug-likeness (QED) is 0.671. The molecule has 0 aliphatic carbocycles. The Morgan fingerprint density at radius 3 is 2.54 bits per heavy atom. The Morgan fingerprint density at radius 1 is 0.964 bits per heavy atom. The van der Waals surface area contributed by atoms with E-state index in [2.05, 4.69) is 20.6 Å². The van der Waals surface area contributed by atoms with Gasteiger partial charge in [0.15, 0.2) is 0 Å². The number of hydrogen-bond acceptors (Lipinski definition) is 6. The predicted octanol–water partition coefficient (Wildman–Crippen LogP) is 4.11. The molecular weight excluding hydrogens is 356 g/mol. The van der Waals surface area contributed by atoms with Crippen LogP contribution in [0.25, 0.3) is 0 Å². The minimum absolute atomic E-state index is 0.229. The third-order valence-corrected chi connectivity index (χ3v) is 4.18. The van der Waals surface area contributed by atoms with Gasteiger partial charge in [0, 0.05) is 18.0 Å². The van der Waals surface area contributed by atoms with Crippen LogP contribution in [0.3, 0.4) is 0 Å². The molecule has 0 saturated carbocycles. The minimum atomic E-state index is -0.377. The van der Waals surface area contributed by atoms with Gasteiger partial charge in [-0.05, 0) is 49.2 Å². The average Bonchev–Trinajstić information content (AvgIpc) is 2.71. The summed E-state index contributed by atoms with van der Waals surface area (Å²) in [5.41, 5.74) is 3.80. The number of carbonyl (C=O) groups excluding carboxylic acids is 1. The molecule has 0 aliphatic rings. The van der Waals surface area contributed by atoms with Crippen molar-refractivity contribution in [2.45, 2.75) is 13.8 Å². The number of aryl methyl sites for hydroxylation is 2. The highest BCUT2D eigenvalue weighted by atomic mass is 16.5. The van der Waals surface area contributed by atoms with Crippen molar-refractivity contribution in [2.75, 3.05) is 24.9 Å². The van der Waals surface area contributed by atoms with Gasteiger partial charge >= 0.3 is 0 Å². The third kappa shape index (κ3) is 4.37. The highest BCUT2D eigenvalue weighted by molar-refractivity contribution is 6.04. The van der Waals surface area contributed by atoms with Crippen molar-refractivity contribution in [1.29, 1.82) is 0 Å². The lowest BCUT2D eigenvalue weighted by Crippen LogP contribution is -2.15. The number of aromatic nitrogens is 2. The van der Waals surface area contributed by atoms with Crippen LogP contribution in [0.2, 0.25) is 0 Å². The lowest BCUT2D eigenvalue weighted by Gasteiger charge is -2.12. The molecule has 0 radical (unpaired) electrons. The van der Waals surface area contributed by atoms with E-state index in [1.54, 1.807) is 31.4 Å². The maximum Gasteiger partial charge on any atom is 0.274 e. The molecule has 2 aromatic carbocycles. The first-order chi connectivity index (χ1) is 13.5. The molecule has 0 fully saturated rings. The Kier molecular flexibility index (Phi) is 5.74. The molecule has 0 unspecified atom stereocenters. The second-order valence-corrected chi connectivity index (χ2v) is 6.23. The second kappa shape index (κ2) is 8.39. The van der Waals surface area contributed by atoms with Crippen molar-refractivity contribution in [3.63, 3.8) is 0 Å². The van der Waals surface area contributed by atoms with Gasteiger partial charge in [0.2, 0.25) is 5.95 Å². The van der Waals surface area contributed by atoms with E-state index in [1.807, 2.05) is 32.0 Å². The van der Waals surface area contributed by atoms with Crippen LogP contribution in [0.15, 0.2) is 48.7 Å². The number of methoxy groups -OCH3 is 2. The van der Waals surface area contributed by atoms with Crippen LogP contribution in [-0.4, -0.2) is 30.1 Å². The summed E-state index contributed by atoms with van der Waals surface area (Å²) in [6.45, 7) is 4.00. The zero-order valence-electron chi connectivity index (χ0n) is 16.2. The molecule has 0 spiro atoms. The zero-order valence-corrected chi connectivity index (χ0v) is 16.2. The monoisotopic (exact) mass is 378 g/mol. The number of benzene rings is 2. The summed E-state index contributed by atoms with van der Waals surface area (Å²) < 4.78 is 10.5. The average molecular weight is 378 g/mol. The molecule has 7 nitrogen and oxygen atoms in total. The SMILES string of the molecule is COc1ccc(OC)c(NC(=O)c2ccnc(Nc3cc(C)ccc3C)n2)c1. The van der Waals surface area contributed by atoms with Gasteiger partial charge in [0.25, 0.3) is 5.91 Å². The lowest BCUT2D eigenvalue weighted by atomic mass is 10.1. The van der Waals surface area contributed by atoms with Crippen LogP contribution in [0.5, 0.6) is 11.5 Å². The van der Waals surface area contributed by atoms with Gasteiger partial charge in [0.05, 0.1) is 19.9 Å². The van der Waals surface area contributed by atoms with E-state index in [9.17, 15) is 4.79 Å². The van der Waals surface area contributed by atoms with Crippen molar-refractivity contribution < 1.29 is 14.3 Å². The van der Waals surface area contributed by atoms with Crippen molar-refractivity contribution >= 4 is 23.2 Å². The van der Waals surface area contributed by atoms with Crippen LogP contribution in [-0.2, 0) is 0 Å². The lowest BCUT2D eigenvalue weighted by molar-refractivity contribution is 0.102. The van der Waals surface area contributed by atoms with Gasteiger partial charge in [-0.3, -0.25) is 4.79 Å². The molecule has 3 rings (SSSR count). The highest BCUT2D eigenvalue weighted by Crippen LogP contribution is 2.29. The first-order valence-corrected chi connectivity index (χ1v) is 8.71. The largest absolute Gasteiger partial charge is 0.497 e. The van der Waals surface area contributed by atoms with E-state index in [0.717, 1.165) is 16.8 Å². The molecule has 28 heavy (non-hydrogen) atoms. The van der Waals surface area contributed by atoms with Crippen LogP contribution < -0.4 is 20.1 Å². The highest BCUT2D eigenvalue weighted by Gasteiger charge is 2.13. The number of nitrogens with zero attached hydrogens (tertiary/aromatic N) is 2. The zero-order chi connectivity index (χ0) is 20.1. The van der Waals surface area contributed by atoms with Gasteiger partial charge in [0.1, 0.15) is 17.2 Å². The molecule has 0 aliphatic heterocycles. The molecule has 1 aromatic heterocycles. The van der Waals surface area contributed by atoms with Crippen LogP contribution in [0, 0.1) is 13.8 Å². The number of anilines is 3. The summed E-state index contributed by atoms with van der Waals surface area (Å²) in [7, 11) is 3.09. The molecule has 0 saturated heterocycles. The van der Waals surface area contributed by atoms with Crippen molar-refractivity contribution in [2.24, 2.45) is 0 Å². The smallest absolute Gasteiger partial charge is 0.274 e. The summed E-state index contributed by atoms with van der Waals surface area (Å²) in [6.07, 6.45) is 1.54. The van der Waals surface area contributed by atoms with Crippen LogP contribution in [0.4, 0.5) is 17.3 Å². The summed E-state index contributed by atoms with van der Waals surface area (Å²) in [4.78, 5) is 21.2. The normalized spacial score (nSPS) is 10.3. The number of carbonyl (C=O) groups is 1. The van der Waals surface area contributed by atoms with E-state index >= 15 is 0 Å². The van der Waals surface area contributed by atoms with E-state index < -0.39 is 0 Å².